The number of hydrogen-bond donors (Lipinski definition) is 2. The van der Waals surface area contributed by atoms with Gasteiger partial charge in [0.1, 0.15) is 12.0 Å². The van der Waals surface area contributed by atoms with Gasteiger partial charge in [0.05, 0.1) is 7.11 Å². The largest absolute Gasteiger partial charge is 0.467 e. The number of rotatable bonds is 4. The van der Waals surface area contributed by atoms with Gasteiger partial charge >= 0.3 is 5.97 Å². The number of ether oxygens (including phenoxy) is 1. The van der Waals surface area contributed by atoms with Gasteiger partial charge in [0.2, 0.25) is 0 Å². The highest BCUT2D eigenvalue weighted by Gasteiger charge is 2.22. The van der Waals surface area contributed by atoms with Gasteiger partial charge in [0.25, 0.3) is 0 Å². The third-order valence-electron chi connectivity index (χ3n) is 2.69. The van der Waals surface area contributed by atoms with Crippen molar-refractivity contribution in [3.63, 3.8) is 0 Å². The van der Waals surface area contributed by atoms with Gasteiger partial charge < -0.3 is 15.8 Å². The number of aromatic nitrogens is 2. The number of benzene rings is 1. The average Bonchev–Trinajstić information content (AvgIpc) is 2.49. The van der Waals surface area contributed by atoms with E-state index in [-0.39, 0.29) is 16.7 Å². The summed E-state index contributed by atoms with van der Waals surface area (Å²) in [4.78, 5) is 19.7. The summed E-state index contributed by atoms with van der Waals surface area (Å²) in [6.07, 6.45) is 1.26. The second kappa shape index (κ2) is 6.21. The van der Waals surface area contributed by atoms with E-state index in [1.807, 2.05) is 18.2 Å². The van der Waals surface area contributed by atoms with Crippen LogP contribution in [0, 0.1) is 0 Å². The number of carbonyl (C=O) groups is 1. The maximum atomic E-state index is 11.9. The smallest absolute Gasteiger partial charge is 0.333 e. The van der Waals surface area contributed by atoms with E-state index in [1.165, 1.54) is 13.4 Å². The lowest BCUT2D eigenvalue weighted by Crippen LogP contribution is -2.23. The zero-order valence-electron chi connectivity index (χ0n) is 10.7. The van der Waals surface area contributed by atoms with Crippen LogP contribution in [0.4, 0.5) is 11.5 Å². The van der Waals surface area contributed by atoms with Crippen LogP contribution < -0.4 is 11.1 Å². The molecule has 104 valence electrons. The predicted molar refractivity (Wildman–Crippen MR) is 76.3 cm³/mol. The van der Waals surface area contributed by atoms with Crippen LogP contribution in [0.3, 0.4) is 0 Å². The minimum absolute atomic E-state index is 0.124. The van der Waals surface area contributed by atoms with Crippen molar-refractivity contribution in [3.05, 3.63) is 47.4 Å². The van der Waals surface area contributed by atoms with Crippen LogP contribution in [-0.2, 0) is 9.53 Å². The molecule has 3 N–H and O–H groups in total. The van der Waals surface area contributed by atoms with Gasteiger partial charge in [-0.3, -0.25) is 0 Å². The minimum Gasteiger partial charge on any atom is -0.467 e. The monoisotopic (exact) mass is 292 g/mol. The molecule has 0 aliphatic rings. The number of nitrogen functional groups attached to an aromatic ring is 1. The molecular formula is C13H13ClN4O2. The van der Waals surface area contributed by atoms with Crippen molar-refractivity contribution in [1.82, 2.24) is 9.97 Å². The summed E-state index contributed by atoms with van der Waals surface area (Å²) in [7, 11) is 1.32. The van der Waals surface area contributed by atoms with E-state index >= 15 is 0 Å². The summed E-state index contributed by atoms with van der Waals surface area (Å²) in [5.41, 5.74) is 6.69. The maximum absolute atomic E-state index is 11.9. The van der Waals surface area contributed by atoms with E-state index in [0.717, 1.165) is 5.56 Å². The first-order valence-electron chi connectivity index (χ1n) is 5.78. The van der Waals surface area contributed by atoms with Crippen molar-refractivity contribution in [1.29, 1.82) is 0 Å². The second-order valence-corrected chi connectivity index (χ2v) is 4.30. The molecule has 1 heterocycles. The Morgan fingerprint density at radius 3 is 2.70 bits per heavy atom. The Bertz CT molecular complexity index is 607. The fourth-order valence-electron chi connectivity index (χ4n) is 1.67. The molecule has 0 spiro atoms. The molecule has 20 heavy (non-hydrogen) atoms. The van der Waals surface area contributed by atoms with Crippen LogP contribution in [0.5, 0.6) is 0 Å². The fraction of sp³-hybridized carbons (Fsp3) is 0.154. The topological polar surface area (TPSA) is 90.1 Å². The molecule has 0 saturated heterocycles. The Balaban J connectivity index is 2.34. The molecule has 0 bridgehead atoms. The maximum Gasteiger partial charge on any atom is 0.333 e. The van der Waals surface area contributed by atoms with Crippen molar-refractivity contribution in [2.75, 3.05) is 18.2 Å². The number of anilines is 2. The normalized spacial score (nSPS) is 11.7. The molecule has 6 nitrogen and oxygen atoms in total. The molecule has 1 atom stereocenters. The molecule has 1 aromatic carbocycles. The predicted octanol–water partition coefficient (Wildman–Crippen LogP) is 2.04. The number of nitrogens with zero attached hydrogens (tertiary/aromatic N) is 2. The number of nitrogens with two attached hydrogens (primary N) is 1. The first-order valence-corrected chi connectivity index (χ1v) is 6.16. The van der Waals surface area contributed by atoms with Crippen LogP contribution in [0.1, 0.15) is 11.6 Å². The van der Waals surface area contributed by atoms with Crippen molar-refractivity contribution in [2.45, 2.75) is 6.04 Å². The van der Waals surface area contributed by atoms with E-state index in [1.54, 1.807) is 12.1 Å². The van der Waals surface area contributed by atoms with E-state index < -0.39 is 12.0 Å². The summed E-state index contributed by atoms with van der Waals surface area (Å²) in [5.74, 6) is -0.172. The molecular weight excluding hydrogens is 280 g/mol. The van der Waals surface area contributed by atoms with Crippen molar-refractivity contribution in [2.24, 2.45) is 0 Å². The number of methoxy groups -OCH3 is 1. The highest BCUT2D eigenvalue weighted by Crippen LogP contribution is 2.26. The van der Waals surface area contributed by atoms with Gasteiger partial charge in [-0.2, -0.15) is 0 Å². The summed E-state index contributed by atoms with van der Waals surface area (Å²) in [6.45, 7) is 0. The Labute approximate surface area is 120 Å². The molecule has 7 heteroatoms. The number of esters is 1. The van der Waals surface area contributed by atoms with Gasteiger partial charge in [-0.1, -0.05) is 41.9 Å². The standard InChI is InChI=1S/C13H13ClN4O2/c1-20-13(19)10(8-5-3-2-4-6-8)18-12-9(15)11(14)16-7-17-12/h2-7,10H,15H2,1H3,(H,16,17,18). The number of halogens is 1. The lowest BCUT2D eigenvalue weighted by molar-refractivity contribution is -0.141. The summed E-state index contributed by atoms with van der Waals surface area (Å²) in [5, 5.41) is 3.04. The van der Waals surface area contributed by atoms with Crippen LogP contribution in [-0.4, -0.2) is 23.0 Å². The quantitative estimate of drug-likeness (QED) is 0.662. The number of carbonyl (C=O) groups excluding carboxylic acids is 1. The van der Waals surface area contributed by atoms with Crippen molar-refractivity contribution >= 4 is 29.1 Å². The molecule has 2 aromatic rings. The third-order valence-corrected chi connectivity index (χ3v) is 2.99. The molecule has 0 radical (unpaired) electrons. The summed E-state index contributed by atoms with van der Waals surface area (Å²) < 4.78 is 4.79. The lowest BCUT2D eigenvalue weighted by Gasteiger charge is -2.18. The van der Waals surface area contributed by atoms with Crippen LogP contribution in [0.15, 0.2) is 36.7 Å². The molecule has 0 amide bonds. The Kier molecular flexibility index (Phi) is 4.37. The summed E-state index contributed by atoms with van der Waals surface area (Å²) in [6, 6.07) is 8.37. The Morgan fingerprint density at radius 1 is 1.35 bits per heavy atom. The molecule has 0 aliphatic heterocycles. The summed E-state index contributed by atoms with van der Waals surface area (Å²) >= 11 is 5.82. The first kappa shape index (κ1) is 14.1. The first-order chi connectivity index (χ1) is 9.63. The van der Waals surface area contributed by atoms with Gasteiger partial charge in [-0.05, 0) is 5.56 Å². The SMILES string of the molecule is COC(=O)C(Nc1ncnc(Cl)c1N)c1ccccc1. The zero-order chi connectivity index (χ0) is 14.5. The number of hydrogen-bond acceptors (Lipinski definition) is 6. The van der Waals surface area contributed by atoms with Gasteiger partial charge in [0, 0.05) is 0 Å². The van der Waals surface area contributed by atoms with Gasteiger partial charge in [-0.25, -0.2) is 14.8 Å². The molecule has 0 fully saturated rings. The molecule has 2 rings (SSSR count). The van der Waals surface area contributed by atoms with E-state index in [4.69, 9.17) is 22.1 Å². The van der Waals surface area contributed by atoms with Gasteiger partial charge in [0.15, 0.2) is 17.0 Å². The second-order valence-electron chi connectivity index (χ2n) is 3.94. The van der Waals surface area contributed by atoms with Crippen molar-refractivity contribution in [3.8, 4) is 0 Å². The fourth-order valence-corrected chi connectivity index (χ4v) is 1.80. The highest BCUT2D eigenvalue weighted by atomic mass is 35.5. The Morgan fingerprint density at radius 2 is 2.05 bits per heavy atom. The van der Waals surface area contributed by atoms with Crippen LogP contribution in [0.2, 0.25) is 5.15 Å². The highest BCUT2D eigenvalue weighted by molar-refractivity contribution is 6.32. The molecule has 0 aliphatic carbocycles. The molecule has 0 saturated carbocycles. The van der Waals surface area contributed by atoms with Gasteiger partial charge in [-0.15, -0.1) is 0 Å². The number of nitrogens with one attached hydrogen (secondary N) is 1. The van der Waals surface area contributed by atoms with E-state index in [2.05, 4.69) is 15.3 Å². The zero-order valence-corrected chi connectivity index (χ0v) is 11.5. The van der Waals surface area contributed by atoms with Crippen LogP contribution in [0.25, 0.3) is 0 Å². The van der Waals surface area contributed by atoms with E-state index in [9.17, 15) is 4.79 Å². The van der Waals surface area contributed by atoms with Crippen molar-refractivity contribution < 1.29 is 9.53 Å². The molecule has 1 unspecified atom stereocenters. The van der Waals surface area contributed by atoms with Crippen LogP contribution >= 0.6 is 11.6 Å². The average molecular weight is 293 g/mol. The van der Waals surface area contributed by atoms with E-state index in [0.29, 0.717) is 0 Å². The minimum atomic E-state index is -0.727. The lowest BCUT2D eigenvalue weighted by atomic mass is 10.1. The molecule has 1 aromatic heterocycles. The third kappa shape index (κ3) is 2.97. The Hall–Kier alpha value is -2.34.